The van der Waals surface area contributed by atoms with Crippen molar-refractivity contribution in [1.29, 1.82) is 0 Å². The van der Waals surface area contributed by atoms with Crippen molar-refractivity contribution in [3.63, 3.8) is 0 Å². The van der Waals surface area contributed by atoms with Crippen LogP contribution in [0.1, 0.15) is 40.9 Å². The van der Waals surface area contributed by atoms with Gasteiger partial charge in [-0.05, 0) is 42.2 Å². The number of hydrogen-bond acceptors (Lipinski definition) is 3. The lowest BCUT2D eigenvalue weighted by Gasteiger charge is -2.22. The zero-order chi connectivity index (χ0) is 15.2. The molecule has 0 radical (unpaired) electrons. The molecule has 0 aliphatic carbocycles. The lowest BCUT2D eigenvalue weighted by Crippen LogP contribution is -2.22. The predicted octanol–water partition coefficient (Wildman–Crippen LogP) is 3.19. The van der Waals surface area contributed by atoms with Crippen molar-refractivity contribution < 1.29 is 13.2 Å². The molecule has 1 aliphatic heterocycles. The molecule has 0 atom stereocenters. The molecule has 0 spiro atoms. The van der Waals surface area contributed by atoms with Crippen LogP contribution in [0.25, 0.3) is 0 Å². The first-order valence-electron chi connectivity index (χ1n) is 7.05. The minimum atomic E-state index is -3.62. The van der Waals surface area contributed by atoms with Crippen molar-refractivity contribution in [3.8, 4) is 0 Å². The molecule has 1 aliphatic rings. The Balaban J connectivity index is 2.44. The monoisotopic (exact) mass is 300 g/mol. The van der Waals surface area contributed by atoms with E-state index in [0.29, 0.717) is 12.0 Å². The second-order valence-corrected chi connectivity index (χ2v) is 7.02. The highest BCUT2D eigenvalue weighted by molar-refractivity contribution is 7.91. The minimum Gasteiger partial charge on any atom is -0.289 e. The number of aryl methyl sites for hydroxylation is 2. The van der Waals surface area contributed by atoms with Crippen molar-refractivity contribution in [2.24, 2.45) is 0 Å². The molecule has 0 N–H and O–H groups in total. The smallest absolute Gasteiger partial charge is 0.208 e. The van der Waals surface area contributed by atoms with Crippen molar-refractivity contribution in [1.82, 2.24) is 0 Å². The highest BCUT2D eigenvalue weighted by atomic mass is 32.2. The van der Waals surface area contributed by atoms with E-state index in [4.69, 9.17) is 0 Å². The Morgan fingerprint density at radius 3 is 2.33 bits per heavy atom. The highest BCUT2D eigenvalue weighted by Gasteiger charge is 2.36. The van der Waals surface area contributed by atoms with Gasteiger partial charge in [0.1, 0.15) is 0 Å². The van der Waals surface area contributed by atoms with Gasteiger partial charge >= 0.3 is 0 Å². The number of rotatable bonds is 2. The fourth-order valence-corrected chi connectivity index (χ4v) is 4.77. The van der Waals surface area contributed by atoms with Crippen LogP contribution in [0.4, 0.5) is 0 Å². The third kappa shape index (κ3) is 1.94. The van der Waals surface area contributed by atoms with Gasteiger partial charge < -0.3 is 0 Å². The van der Waals surface area contributed by atoms with Crippen LogP contribution < -0.4 is 0 Å². The van der Waals surface area contributed by atoms with Crippen LogP contribution in [-0.2, 0) is 22.7 Å². The van der Waals surface area contributed by atoms with Crippen LogP contribution in [0.5, 0.6) is 0 Å². The average Bonchev–Trinajstić information content (AvgIpc) is 2.51. The summed E-state index contributed by atoms with van der Waals surface area (Å²) >= 11 is 0. The van der Waals surface area contributed by atoms with Gasteiger partial charge in [-0.1, -0.05) is 32.0 Å². The maximum absolute atomic E-state index is 12.9. The van der Waals surface area contributed by atoms with Gasteiger partial charge in [-0.25, -0.2) is 8.42 Å². The van der Waals surface area contributed by atoms with Crippen molar-refractivity contribution in [2.45, 2.75) is 36.5 Å². The van der Waals surface area contributed by atoms with Gasteiger partial charge in [0.15, 0.2) is 5.78 Å². The molecule has 108 valence electrons. The Bertz CT molecular complexity index is 848. The highest BCUT2D eigenvalue weighted by Crippen LogP contribution is 2.37. The van der Waals surface area contributed by atoms with E-state index < -0.39 is 9.84 Å². The minimum absolute atomic E-state index is 0.126. The summed E-state index contributed by atoms with van der Waals surface area (Å²) in [6.45, 7) is 3.91. The first-order chi connectivity index (χ1) is 10.0. The van der Waals surface area contributed by atoms with Crippen LogP contribution in [0.2, 0.25) is 0 Å². The Kier molecular flexibility index (Phi) is 3.21. The topological polar surface area (TPSA) is 51.2 Å². The summed E-state index contributed by atoms with van der Waals surface area (Å²) in [5, 5.41) is 0. The number of fused-ring (bicyclic) bond motifs is 2. The van der Waals surface area contributed by atoms with E-state index in [0.717, 1.165) is 17.5 Å². The quantitative estimate of drug-likeness (QED) is 0.730. The second-order valence-electron chi connectivity index (χ2n) is 5.17. The van der Waals surface area contributed by atoms with E-state index in [1.807, 2.05) is 19.9 Å². The zero-order valence-electron chi connectivity index (χ0n) is 12.0. The molecule has 0 aromatic heterocycles. The SMILES string of the molecule is CCc1cc(CC)c2c(c1)C(=O)c1ccccc1S2(=O)=O. The fourth-order valence-electron chi connectivity index (χ4n) is 2.85. The van der Waals surface area contributed by atoms with Gasteiger partial charge in [-0.15, -0.1) is 0 Å². The van der Waals surface area contributed by atoms with Crippen molar-refractivity contribution in [3.05, 3.63) is 58.7 Å². The van der Waals surface area contributed by atoms with Crippen LogP contribution in [-0.4, -0.2) is 14.2 Å². The Hall–Kier alpha value is -1.94. The molecule has 0 saturated carbocycles. The molecule has 0 amide bonds. The lowest BCUT2D eigenvalue weighted by molar-refractivity contribution is 0.103. The molecule has 0 unspecified atom stereocenters. The molecule has 1 heterocycles. The number of benzene rings is 2. The van der Waals surface area contributed by atoms with Crippen LogP contribution in [0.15, 0.2) is 46.2 Å². The van der Waals surface area contributed by atoms with Crippen LogP contribution >= 0.6 is 0 Å². The molecule has 21 heavy (non-hydrogen) atoms. The second kappa shape index (κ2) is 4.81. The molecule has 2 aromatic rings. The van der Waals surface area contributed by atoms with Crippen molar-refractivity contribution in [2.75, 3.05) is 0 Å². The lowest BCUT2D eigenvalue weighted by atomic mass is 9.96. The van der Waals surface area contributed by atoms with Gasteiger partial charge in [-0.3, -0.25) is 4.79 Å². The molecule has 0 saturated heterocycles. The van der Waals surface area contributed by atoms with Gasteiger partial charge in [-0.2, -0.15) is 0 Å². The first kappa shape index (κ1) is 14.0. The largest absolute Gasteiger partial charge is 0.289 e. The molecule has 3 rings (SSSR count). The molecule has 2 aromatic carbocycles. The zero-order valence-corrected chi connectivity index (χ0v) is 12.8. The summed E-state index contributed by atoms with van der Waals surface area (Å²) in [4.78, 5) is 13.0. The number of hydrogen-bond donors (Lipinski definition) is 0. The van der Waals surface area contributed by atoms with Gasteiger partial charge in [0, 0.05) is 11.1 Å². The predicted molar refractivity (Wildman–Crippen MR) is 80.5 cm³/mol. The molecule has 3 nitrogen and oxygen atoms in total. The molecule has 0 bridgehead atoms. The molecule has 4 heteroatoms. The summed E-state index contributed by atoms with van der Waals surface area (Å²) in [6.07, 6.45) is 1.36. The van der Waals surface area contributed by atoms with Crippen molar-refractivity contribution >= 4 is 15.6 Å². The number of carbonyl (C=O) groups excluding carboxylic acids is 1. The fraction of sp³-hybridized carbons (Fsp3) is 0.235. The molecular formula is C17H16O3S. The Labute approximate surface area is 124 Å². The summed E-state index contributed by atoms with van der Waals surface area (Å²) in [6, 6.07) is 10.1. The standard InChI is InChI=1S/C17H16O3S/c1-3-11-9-12(4-2)17-14(10-11)16(18)13-7-5-6-8-15(13)21(17,19)20/h5-10H,3-4H2,1-2H3. The van der Waals surface area contributed by atoms with E-state index in [1.54, 1.807) is 24.3 Å². The average molecular weight is 300 g/mol. The first-order valence-corrected chi connectivity index (χ1v) is 8.53. The molecular weight excluding hydrogens is 284 g/mol. The summed E-state index contributed by atoms with van der Waals surface area (Å²) in [7, 11) is -3.62. The maximum Gasteiger partial charge on any atom is 0.208 e. The van der Waals surface area contributed by atoms with E-state index in [9.17, 15) is 13.2 Å². The van der Waals surface area contributed by atoms with E-state index in [-0.39, 0.29) is 21.1 Å². The van der Waals surface area contributed by atoms with E-state index in [2.05, 4.69) is 0 Å². The number of carbonyl (C=O) groups is 1. The Morgan fingerprint density at radius 1 is 0.952 bits per heavy atom. The summed E-state index contributed by atoms with van der Waals surface area (Å²) in [5.41, 5.74) is 2.32. The van der Waals surface area contributed by atoms with Crippen LogP contribution in [0.3, 0.4) is 0 Å². The third-order valence-corrected chi connectivity index (χ3v) is 5.90. The molecule has 0 fully saturated rings. The van der Waals surface area contributed by atoms with Gasteiger partial charge in [0.05, 0.1) is 9.79 Å². The van der Waals surface area contributed by atoms with Gasteiger partial charge in [0.25, 0.3) is 0 Å². The maximum atomic E-state index is 12.9. The van der Waals surface area contributed by atoms with Gasteiger partial charge in [0.2, 0.25) is 9.84 Å². The number of ketones is 1. The van der Waals surface area contributed by atoms with E-state index >= 15 is 0 Å². The normalized spacial score (nSPS) is 15.4. The summed E-state index contributed by atoms with van der Waals surface area (Å²) < 4.78 is 25.7. The third-order valence-electron chi connectivity index (χ3n) is 3.95. The number of sulfone groups is 1. The Morgan fingerprint density at radius 2 is 1.67 bits per heavy atom. The summed E-state index contributed by atoms with van der Waals surface area (Å²) in [5.74, 6) is -0.194. The van der Waals surface area contributed by atoms with Crippen LogP contribution in [0, 0.1) is 0 Å². The van der Waals surface area contributed by atoms with E-state index in [1.165, 1.54) is 6.07 Å².